The number of benzene rings is 2. The van der Waals surface area contributed by atoms with Crippen LogP contribution in [0.2, 0.25) is 0 Å². The number of nitrogens with zero attached hydrogens (tertiary/aromatic N) is 3. The van der Waals surface area contributed by atoms with E-state index in [-0.39, 0.29) is 0 Å². The number of hydrogen-bond donors (Lipinski definition) is 0. The van der Waals surface area contributed by atoms with E-state index in [4.69, 9.17) is 0 Å². The van der Waals surface area contributed by atoms with Crippen LogP contribution in [0.5, 0.6) is 0 Å². The molecule has 0 aliphatic carbocycles. The summed E-state index contributed by atoms with van der Waals surface area (Å²) >= 11 is 0. The van der Waals surface area contributed by atoms with E-state index < -0.39 is 9.84 Å². The minimum atomic E-state index is -3.61. The molecule has 0 atom stereocenters. The van der Waals surface area contributed by atoms with Crippen molar-refractivity contribution in [1.29, 1.82) is 0 Å². The molecule has 154 valence electrons. The Labute approximate surface area is 173 Å². The summed E-state index contributed by atoms with van der Waals surface area (Å²) in [6.45, 7) is 4.70. The Morgan fingerprint density at radius 3 is 2.34 bits per heavy atom. The van der Waals surface area contributed by atoms with E-state index in [0.717, 1.165) is 24.1 Å². The van der Waals surface area contributed by atoms with Gasteiger partial charge in [-0.15, -0.1) is 0 Å². The Bertz CT molecular complexity index is 1100. The molecule has 1 aromatic heterocycles. The number of aryl methyl sites for hydroxylation is 2. The highest BCUT2D eigenvalue weighted by molar-refractivity contribution is 7.91. The van der Waals surface area contributed by atoms with Gasteiger partial charge in [0, 0.05) is 13.6 Å². The molecule has 29 heavy (non-hydrogen) atoms. The number of rotatable bonds is 7. The molecule has 0 saturated heterocycles. The largest absolute Gasteiger partial charge is 0.305 e. The average molecular weight is 412 g/mol. The van der Waals surface area contributed by atoms with Crippen molar-refractivity contribution in [2.45, 2.75) is 43.0 Å². The molecule has 0 fully saturated rings. The summed E-state index contributed by atoms with van der Waals surface area (Å²) in [5.74, 6) is 0. The van der Waals surface area contributed by atoms with Gasteiger partial charge in [0.1, 0.15) is 4.90 Å². The molecule has 0 N–H and O–H groups in total. The van der Waals surface area contributed by atoms with E-state index in [1.807, 2.05) is 52.2 Å². The number of aromatic nitrogens is 2. The summed E-state index contributed by atoms with van der Waals surface area (Å²) < 4.78 is 28.3. The van der Waals surface area contributed by atoms with Crippen LogP contribution in [0.3, 0.4) is 0 Å². The molecule has 0 aliphatic heterocycles. The summed E-state index contributed by atoms with van der Waals surface area (Å²) in [6, 6.07) is 15.5. The molecule has 0 aliphatic rings. The highest BCUT2D eigenvalue weighted by atomic mass is 32.2. The van der Waals surface area contributed by atoms with Gasteiger partial charge in [-0.3, -0.25) is 4.68 Å². The lowest BCUT2D eigenvalue weighted by Crippen LogP contribution is -2.10. The van der Waals surface area contributed by atoms with Crippen LogP contribution in [0.4, 0.5) is 0 Å². The third-order valence-corrected chi connectivity index (χ3v) is 6.99. The van der Waals surface area contributed by atoms with Crippen LogP contribution in [0.1, 0.15) is 30.3 Å². The lowest BCUT2D eigenvalue weighted by molar-refractivity contribution is 0.402. The average Bonchev–Trinajstić information content (AvgIpc) is 2.96. The fourth-order valence-electron chi connectivity index (χ4n) is 3.57. The van der Waals surface area contributed by atoms with Gasteiger partial charge < -0.3 is 4.90 Å². The first-order valence-electron chi connectivity index (χ1n) is 9.85. The van der Waals surface area contributed by atoms with Crippen LogP contribution in [-0.4, -0.2) is 37.2 Å². The van der Waals surface area contributed by atoms with E-state index in [1.54, 1.807) is 23.9 Å². The molecule has 6 heteroatoms. The van der Waals surface area contributed by atoms with Crippen molar-refractivity contribution in [3.05, 3.63) is 65.5 Å². The Morgan fingerprint density at radius 2 is 1.72 bits per heavy atom. The van der Waals surface area contributed by atoms with Gasteiger partial charge in [-0.2, -0.15) is 5.10 Å². The van der Waals surface area contributed by atoms with Crippen LogP contribution < -0.4 is 0 Å². The summed E-state index contributed by atoms with van der Waals surface area (Å²) in [5, 5.41) is 4.42. The van der Waals surface area contributed by atoms with Gasteiger partial charge in [-0.05, 0) is 62.3 Å². The summed E-state index contributed by atoms with van der Waals surface area (Å²) in [4.78, 5) is 2.78. The van der Waals surface area contributed by atoms with E-state index in [1.165, 1.54) is 5.56 Å². The normalized spacial score (nSPS) is 11.9. The predicted octanol–water partition coefficient (Wildman–Crippen LogP) is 4.24. The van der Waals surface area contributed by atoms with Crippen molar-refractivity contribution in [2.24, 2.45) is 7.05 Å². The lowest BCUT2D eigenvalue weighted by atomic mass is 10.0. The van der Waals surface area contributed by atoms with Gasteiger partial charge in [0.15, 0.2) is 0 Å². The zero-order valence-electron chi connectivity index (χ0n) is 17.8. The molecule has 3 rings (SSSR count). The SMILES string of the molecule is CCCc1nn(C)c(C)c1S(=O)(=O)c1ccc(-c2cccc(CN(C)C)c2)cc1. The van der Waals surface area contributed by atoms with Gasteiger partial charge in [0.25, 0.3) is 0 Å². The summed E-state index contributed by atoms with van der Waals surface area (Å²) in [5.41, 5.74) is 4.63. The molecule has 1 heterocycles. The number of sulfone groups is 1. The fourth-order valence-corrected chi connectivity index (χ4v) is 5.27. The van der Waals surface area contributed by atoms with E-state index >= 15 is 0 Å². The maximum atomic E-state index is 13.3. The van der Waals surface area contributed by atoms with Gasteiger partial charge in [0.05, 0.1) is 16.3 Å². The molecular weight excluding hydrogens is 382 g/mol. The van der Waals surface area contributed by atoms with Crippen LogP contribution in [-0.2, 0) is 29.9 Å². The topological polar surface area (TPSA) is 55.2 Å². The number of hydrogen-bond acceptors (Lipinski definition) is 4. The van der Waals surface area contributed by atoms with Crippen molar-refractivity contribution in [3.63, 3.8) is 0 Å². The standard InChI is InChI=1S/C23H29N3O2S/c1-6-8-22-23(17(2)26(5)24-22)29(27,28)21-13-11-19(12-14-21)20-10-7-9-18(15-20)16-25(3)4/h7,9-15H,6,8,16H2,1-5H3. The van der Waals surface area contributed by atoms with Gasteiger partial charge in [0.2, 0.25) is 9.84 Å². The van der Waals surface area contributed by atoms with Crippen LogP contribution in [0.25, 0.3) is 11.1 Å². The first kappa shape index (κ1) is 21.3. The molecule has 0 saturated carbocycles. The molecular formula is C23H29N3O2S. The van der Waals surface area contributed by atoms with Crippen molar-refractivity contribution in [2.75, 3.05) is 14.1 Å². The maximum Gasteiger partial charge on any atom is 0.210 e. The fraction of sp³-hybridized carbons (Fsp3) is 0.348. The predicted molar refractivity (Wildman–Crippen MR) is 117 cm³/mol. The van der Waals surface area contributed by atoms with Gasteiger partial charge in [-0.1, -0.05) is 43.7 Å². The first-order valence-corrected chi connectivity index (χ1v) is 11.3. The van der Waals surface area contributed by atoms with Gasteiger partial charge >= 0.3 is 0 Å². The second-order valence-corrected chi connectivity index (χ2v) is 9.59. The molecule has 0 radical (unpaired) electrons. The Balaban J connectivity index is 1.97. The van der Waals surface area contributed by atoms with E-state index in [0.29, 0.717) is 27.6 Å². The van der Waals surface area contributed by atoms with Crippen molar-refractivity contribution in [1.82, 2.24) is 14.7 Å². The molecule has 0 spiro atoms. The van der Waals surface area contributed by atoms with Crippen molar-refractivity contribution in [3.8, 4) is 11.1 Å². The maximum absolute atomic E-state index is 13.3. The highest BCUT2D eigenvalue weighted by Gasteiger charge is 2.27. The zero-order chi connectivity index (χ0) is 21.2. The third-order valence-electron chi connectivity index (χ3n) is 5.03. The molecule has 0 bridgehead atoms. The van der Waals surface area contributed by atoms with Crippen molar-refractivity contribution < 1.29 is 8.42 Å². The van der Waals surface area contributed by atoms with E-state index in [9.17, 15) is 8.42 Å². The minimum Gasteiger partial charge on any atom is -0.305 e. The molecule has 0 amide bonds. The van der Waals surface area contributed by atoms with Crippen LogP contribution in [0, 0.1) is 6.92 Å². The molecule has 2 aromatic carbocycles. The Kier molecular flexibility index (Phi) is 6.24. The van der Waals surface area contributed by atoms with Crippen molar-refractivity contribution >= 4 is 9.84 Å². The zero-order valence-corrected chi connectivity index (χ0v) is 18.6. The molecule has 5 nitrogen and oxygen atoms in total. The van der Waals surface area contributed by atoms with Gasteiger partial charge in [-0.25, -0.2) is 8.42 Å². The van der Waals surface area contributed by atoms with E-state index in [2.05, 4.69) is 22.1 Å². The summed E-state index contributed by atoms with van der Waals surface area (Å²) in [7, 11) is 2.26. The first-order chi connectivity index (χ1) is 13.7. The second-order valence-electron chi connectivity index (χ2n) is 7.70. The second kappa shape index (κ2) is 8.51. The minimum absolute atomic E-state index is 0.305. The Morgan fingerprint density at radius 1 is 1.03 bits per heavy atom. The monoisotopic (exact) mass is 411 g/mol. The van der Waals surface area contributed by atoms with Crippen LogP contribution >= 0.6 is 0 Å². The molecule has 3 aromatic rings. The smallest absolute Gasteiger partial charge is 0.210 e. The quantitative estimate of drug-likeness (QED) is 0.583. The Hall–Kier alpha value is -2.44. The molecule has 0 unspecified atom stereocenters. The lowest BCUT2D eigenvalue weighted by Gasteiger charge is -2.11. The summed E-state index contributed by atoms with van der Waals surface area (Å²) in [6.07, 6.45) is 1.49. The third kappa shape index (κ3) is 4.43. The highest BCUT2D eigenvalue weighted by Crippen LogP contribution is 2.29. The van der Waals surface area contributed by atoms with Crippen LogP contribution in [0.15, 0.2) is 58.3 Å².